The van der Waals surface area contributed by atoms with Crippen LogP contribution in [-0.2, 0) is 16.1 Å². The summed E-state index contributed by atoms with van der Waals surface area (Å²) in [5.41, 5.74) is 2.73. The number of fused-ring (bicyclic) bond motifs is 1. The van der Waals surface area contributed by atoms with E-state index in [1.54, 1.807) is 47.4 Å². The molecule has 1 aliphatic rings. The van der Waals surface area contributed by atoms with Crippen molar-refractivity contribution in [1.82, 2.24) is 9.78 Å². The number of aromatic nitrogens is 2. The molecular weight excluding hydrogens is 383 g/mol. The van der Waals surface area contributed by atoms with Gasteiger partial charge in [-0.1, -0.05) is 30.3 Å². The molecule has 3 aromatic rings. The normalized spacial score (nSPS) is 13.1. The lowest BCUT2D eigenvalue weighted by molar-refractivity contribution is -0.122. The minimum Gasteiger partial charge on any atom is -0.326 e. The van der Waals surface area contributed by atoms with Crippen LogP contribution in [0.15, 0.2) is 54.6 Å². The number of nitrogens with zero attached hydrogens (tertiary/aromatic N) is 3. The highest BCUT2D eigenvalue weighted by Gasteiger charge is 2.24. The molecule has 0 saturated carbocycles. The summed E-state index contributed by atoms with van der Waals surface area (Å²) in [6.07, 6.45) is 1.07. The fourth-order valence-corrected chi connectivity index (χ4v) is 3.67. The lowest BCUT2D eigenvalue weighted by Gasteiger charge is -2.27. The minimum absolute atomic E-state index is 0.0825. The Morgan fingerprint density at radius 1 is 1.07 bits per heavy atom. The molecule has 6 nitrogen and oxygen atoms in total. The van der Waals surface area contributed by atoms with Crippen LogP contribution in [0.5, 0.6) is 0 Å². The number of anilines is 2. The Kier molecular flexibility index (Phi) is 5.61. The van der Waals surface area contributed by atoms with Gasteiger partial charge in [-0.3, -0.25) is 14.5 Å². The molecule has 0 bridgehead atoms. The number of rotatable bonds is 5. The molecule has 0 aliphatic carbocycles. The molecule has 154 valence electrons. The van der Waals surface area contributed by atoms with Crippen LogP contribution in [0.3, 0.4) is 0 Å². The number of carbonyl (C=O) groups excluding carboxylic acids is 2. The van der Waals surface area contributed by atoms with Gasteiger partial charge < -0.3 is 5.32 Å². The van der Waals surface area contributed by atoms with Gasteiger partial charge in [0.2, 0.25) is 11.8 Å². The fourth-order valence-electron chi connectivity index (χ4n) is 3.67. The summed E-state index contributed by atoms with van der Waals surface area (Å²) in [5, 5.41) is 7.19. The van der Waals surface area contributed by atoms with Gasteiger partial charge in [0.25, 0.3) is 0 Å². The second-order valence-corrected chi connectivity index (χ2v) is 7.37. The van der Waals surface area contributed by atoms with Gasteiger partial charge in [0.1, 0.15) is 11.6 Å². The van der Waals surface area contributed by atoms with Crippen molar-refractivity contribution in [3.8, 4) is 11.1 Å². The Hall–Kier alpha value is -3.48. The standard InChI is InChI=1S/C23H23FN4O2/c1-16-15-22-27(13-4-14-28(22)26-16)23(30)12-11-21(29)25-18-9-7-17(8-10-18)19-5-2-3-6-20(19)24/h2-3,5-10,15H,4,11-14H2,1H3,(H,25,29). The van der Waals surface area contributed by atoms with Crippen molar-refractivity contribution >= 4 is 23.3 Å². The van der Waals surface area contributed by atoms with Crippen LogP contribution in [0.4, 0.5) is 15.9 Å². The third-order valence-electron chi connectivity index (χ3n) is 5.13. The SMILES string of the molecule is Cc1cc2n(n1)CCCN2C(=O)CCC(=O)Nc1ccc(-c2ccccc2F)cc1. The van der Waals surface area contributed by atoms with E-state index in [2.05, 4.69) is 10.4 Å². The van der Waals surface area contributed by atoms with Crippen LogP contribution >= 0.6 is 0 Å². The quantitative estimate of drug-likeness (QED) is 0.692. The van der Waals surface area contributed by atoms with Gasteiger partial charge in [-0.25, -0.2) is 9.07 Å². The molecule has 1 aliphatic heterocycles. The first-order valence-electron chi connectivity index (χ1n) is 10.0. The lowest BCUT2D eigenvalue weighted by Crippen LogP contribution is -2.37. The molecule has 0 atom stereocenters. The van der Waals surface area contributed by atoms with Crippen molar-refractivity contribution in [2.24, 2.45) is 0 Å². The maximum atomic E-state index is 13.9. The molecule has 0 saturated heterocycles. The van der Waals surface area contributed by atoms with Crippen molar-refractivity contribution in [2.75, 3.05) is 16.8 Å². The Morgan fingerprint density at radius 3 is 2.60 bits per heavy atom. The van der Waals surface area contributed by atoms with E-state index >= 15 is 0 Å². The molecular formula is C23H23FN4O2. The fraction of sp³-hybridized carbons (Fsp3) is 0.261. The van der Waals surface area contributed by atoms with E-state index in [0.717, 1.165) is 30.0 Å². The number of nitrogens with one attached hydrogen (secondary N) is 1. The smallest absolute Gasteiger partial charge is 0.228 e. The number of hydrogen-bond acceptors (Lipinski definition) is 3. The van der Waals surface area contributed by atoms with Crippen LogP contribution in [0.1, 0.15) is 25.0 Å². The summed E-state index contributed by atoms with van der Waals surface area (Å²) in [6, 6.07) is 15.4. The number of hydrogen-bond donors (Lipinski definition) is 1. The maximum absolute atomic E-state index is 13.9. The average molecular weight is 406 g/mol. The summed E-state index contributed by atoms with van der Waals surface area (Å²) in [5.74, 6) is 0.194. The number of halogens is 1. The molecule has 0 unspecified atom stereocenters. The van der Waals surface area contributed by atoms with Crippen molar-refractivity contribution in [3.05, 3.63) is 66.1 Å². The van der Waals surface area contributed by atoms with Gasteiger partial charge in [-0.2, -0.15) is 5.10 Å². The Labute approximate surface area is 174 Å². The first kappa shape index (κ1) is 19.8. The molecule has 0 fully saturated rings. The Balaban J connectivity index is 1.33. The van der Waals surface area contributed by atoms with Crippen LogP contribution in [0.2, 0.25) is 0 Å². The minimum atomic E-state index is -0.290. The molecule has 7 heteroatoms. The highest BCUT2D eigenvalue weighted by Crippen LogP contribution is 2.25. The van der Waals surface area contributed by atoms with E-state index in [9.17, 15) is 14.0 Å². The monoisotopic (exact) mass is 406 g/mol. The van der Waals surface area contributed by atoms with Gasteiger partial charge >= 0.3 is 0 Å². The van der Waals surface area contributed by atoms with Crippen LogP contribution in [0, 0.1) is 12.7 Å². The zero-order chi connectivity index (χ0) is 21.1. The van der Waals surface area contributed by atoms with Crippen molar-refractivity contribution in [3.63, 3.8) is 0 Å². The molecule has 2 aromatic carbocycles. The first-order chi connectivity index (χ1) is 14.5. The summed E-state index contributed by atoms with van der Waals surface area (Å²) < 4.78 is 15.7. The molecule has 1 aromatic heterocycles. The molecule has 4 rings (SSSR count). The zero-order valence-corrected chi connectivity index (χ0v) is 16.8. The number of carbonyl (C=O) groups is 2. The van der Waals surface area contributed by atoms with Gasteiger partial charge in [0.05, 0.1) is 5.69 Å². The molecule has 0 radical (unpaired) electrons. The van der Waals surface area contributed by atoms with E-state index in [-0.39, 0.29) is 30.5 Å². The second-order valence-electron chi connectivity index (χ2n) is 7.37. The highest BCUT2D eigenvalue weighted by molar-refractivity contribution is 5.98. The molecule has 1 N–H and O–H groups in total. The molecule has 30 heavy (non-hydrogen) atoms. The number of aryl methyl sites for hydroxylation is 2. The maximum Gasteiger partial charge on any atom is 0.228 e. The topological polar surface area (TPSA) is 67.2 Å². The summed E-state index contributed by atoms with van der Waals surface area (Å²) in [6.45, 7) is 3.35. The third kappa shape index (κ3) is 4.25. The van der Waals surface area contributed by atoms with E-state index in [1.807, 2.05) is 17.7 Å². The van der Waals surface area contributed by atoms with E-state index in [1.165, 1.54) is 6.07 Å². The zero-order valence-electron chi connectivity index (χ0n) is 16.8. The second kappa shape index (κ2) is 8.49. The molecule has 0 spiro atoms. The Morgan fingerprint density at radius 2 is 1.83 bits per heavy atom. The van der Waals surface area contributed by atoms with Gasteiger partial charge in [-0.05, 0) is 37.1 Å². The molecule has 2 heterocycles. The van der Waals surface area contributed by atoms with Crippen molar-refractivity contribution < 1.29 is 14.0 Å². The van der Waals surface area contributed by atoms with Crippen molar-refractivity contribution in [1.29, 1.82) is 0 Å². The van der Waals surface area contributed by atoms with Crippen LogP contribution in [0.25, 0.3) is 11.1 Å². The van der Waals surface area contributed by atoms with E-state index < -0.39 is 0 Å². The van der Waals surface area contributed by atoms with Gasteiger partial charge in [-0.15, -0.1) is 0 Å². The molecule has 2 amide bonds. The van der Waals surface area contributed by atoms with E-state index in [4.69, 9.17) is 0 Å². The van der Waals surface area contributed by atoms with E-state index in [0.29, 0.717) is 17.8 Å². The third-order valence-corrected chi connectivity index (χ3v) is 5.13. The van der Waals surface area contributed by atoms with Gasteiger partial charge in [0.15, 0.2) is 0 Å². The largest absolute Gasteiger partial charge is 0.326 e. The summed E-state index contributed by atoms with van der Waals surface area (Å²) >= 11 is 0. The lowest BCUT2D eigenvalue weighted by atomic mass is 10.0. The predicted molar refractivity (Wildman–Crippen MR) is 114 cm³/mol. The van der Waals surface area contributed by atoms with Crippen molar-refractivity contribution in [2.45, 2.75) is 32.7 Å². The van der Waals surface area contributed by atoms with Crippen LogP contribution in [-0.4, -0.2) is 28.1 Å². The predicted octanol–water partition coefficient (Wildman–Crippen LogP) is 4.15. The van der Waals surface area contributed by atoms with Gasteiger partial charge in [0, 0.05) is 43.2 Å². The van der Waals surface area contributed by atoms with Crippen LogP contribution < -0.4 is 10.2 Å². The Bertz CT molecular complexity index is 1080. The summed E-state index contributed by atoms with van der Waals surface area (Å²) in [4.78, 5) is 26.6. The average Bonchev–Trinajstić information content (AvgIpc) is 3.13. The number of benzene rings is 2. The first-order valence-corrected chi connectivity index (χ1v) is 10.0. The summed E-state index contributed by atoms with van der Waals surface area (Å²) in [7, 11) is 0. The number of amides is 2. The highest BCUT2D eigenvalue weighted by atomic mass is 19.1.